The fraction of sp³-hybridized carbons (Fsp3) is 0.529. The zero-order valence-electron chi connectivity index (χ0n) is 63.7. The lowest BCUT2D eigenvalue weighted by atomic mass is 10.4. The highest BCUT2D eigenvalue weighted by atomic mass is 32.2. The van der Waals surface area contributed by atoms with Crippen LogP contribution < -0.4 is 10.0 Å². The van der Waals surface area contributed by atoms with Crippen LogP contribution in [-0.2, 0) is 44.3 Å². The summed E-state index contributed by atoms with van der Waals surface area (Å²) in [5.74, 6) is 0.204. The molecular weight excluding hydrogens is 1280 g/mol. The van der Waals surface area contributed by atoms with Crippen molar-refractivity contribution in [3.63, 3.8) is 0 Å². The van der Waals surface area contributed by atoms with Crippen molar-refractivity contribution in [1.82, 2.24) is 40.2 Å². The first-order chi connectivity index (χ1) is 46.9. The first-order valence-corrected chi connectivity index (χ1v) is 37.6. The quantitative estimate of drug-likeness (QED) is 0.0588. The average Bonchev–Trinajstić information content (AvgIpc) is 2.86. The summed E-state index contributed by atoms with van der Waals surface area (Å²) in [4.78, 5) is 23.8. The molecule has 4 aromatic heterocycles. The van der Waals surface area contributed by atoms with Crippen molar-refractivity contribution in [2.45, 2.75) is 225 Å². The highest BCUT2D eigenvalue weighted by molar-refractivity contribution is 7.97. The maximum Gasteiger partial charge on any atom is 0.315 e. The van der Waals surface area contributed by atoms with Crippen molar-refractivity contribution in [1.29, 1.82) is 5.41 Å². The smallest absolute Gasteiger partial charge is 0.315 e. The molecule has 95 heavy (non-hydrogen) atoms. The van der Waals surface area contributed by atoms with Crippen molar-refractivity contribution < 1.29 is 40.2 Å². The number of H-pyrrole nitrogens is 2. The van der Waals surface area contributed by atoms with Gasteiger partial charge in [0, 0.05) is 85.2 Å². The molecule has 1 fully saturated rings. The highest BCUT2D eigenvalue weighted by Gasteiger charge is 2.05. The Kier molecular flexibility index (Phi) is 195. The van der Waals surface area contributed by atoms with Crippen LogP contribution in [0.3, 0.4) is 0 Å². The topological polar surface area (TPSA) is 286 Å². The van der Waals surface area contributed by atoms with Gasteiger partial charge in [-0.2, -0.15) is 19.5 Å². The zero-order valence-corrected chi connectivity index (χ0v) is 67.1. The third-order valence-corrected chi connectivity index (χ3v) is 8.90. The predicted octanol–water partition coefficient (Wildman–Crippen LogP) is 22.1. The lowest BCUT2D eigenvalue weighted by Gasteiger charge is -1.82. The van der Waals surface area contributed by atoms with Crippen LogP contribution in [0.1, 0.15) is 225 Å². The molecule has 0 spiro atoms. The van der Waals surface area contributed by atoms with Gasteiger partial charge in [-0.15, -0.1) is 11.3 Å². The molecule has 12 rings (SSSR count). The summed E-state index contributed by atoms with van der Waals surface area (Å²) in [6, 6.07) is 1.83. The minimum Gasteiger partial charge on any atom is -0.501 e. The number of carbonyl (C=O) groups is 1. The monoisotopic (exact) mass is 1420 g/mol. The van der Waals surface area contributed by atoms with Gasteiger partial charge in [-0.1, -0.05) is 216 Å². The second-order valence-electron chi connectivity index (χ2n) is 11.8. The Morgan fingerprint density at radius 3 is 1.35 bits per heavy atom. The molecule has 4 aromatic rings. The Morgan fingerprint density at radius 1 is 0.642 bits per heavy atom. The normalized spacial score (nSPS) is 12.7. The number of hydrogen-bond donors (Lipinski definition) is 6. The van der Waals surface area contributed by atoms with E-state index >= 15 is 0 Å². The maximum atomic E-state index is 10.3. The minimum absolute atomic E-state index is 0.204. The molecule has 6 aliphatic heterocycles. The standard InChI is InChI=1S/C5H8.C5H6.C4H7NO.C4H4O2S.C4H6O.3C3H4N2.C3H3NO.C3H3NS.C3H4O2.C2H4N2S.C2H3NO2S.13C2H6/c2*1-2-4-5-3-1;6-4-2-1-3-5-4;5-7(6)3-1-2-4-7;1-2-4-5-3-1;1-2-5-3-4-1;2*1-2-4-5-3-1;3*1-2-5-3-4-1;3-1-2-4-5;4-6-3-1-2-5-6;13*1-2/h1-2H,3-5H2;1-4H,5H2;1-3H2,(H,5,6);1-4H;1,3H,2,4H2;1-3H,(H,4,5);1-2H,3H2;1-3H,(H,4,5);2*1-3H;1-2H,3H2;1-3,5H;1-3H;13*1-2H3. The van der Waals surface area contributed by atoms with Crippen molar-refractivity contribution in [2.75, 3.05) is 26.5 Å². The Morgan fingerprint density at radius 2 is 1.22 bits per heavy atom. The summed E-state index contributed by atoms with van der Waals surface area (Å²) in [5, 5.41) is 26.5. The number of ether oxygens (including phenoxy) is 3. The largest absolute Gasteiger partial charge is 0.501 e. The Bertz CT molecular complexity index is 1870. The number of thiazole rings is 1. The number of sulfone groups is 1. The fourth-order valence-corrected chi connectivity index (χ4v) is 5.19. The molecule has 1 unspecified atom stereocenters. The minimum atomic E-state index is -2.91. The number of oxazole rings is 1. The van der Waals surface area contributed by atoms with Crippen LogP contribution >= 0.6 is 24.2 Å². The molecule has 0 bridgehead atoms. The summed E-state index contributed by atoms with van der Waals surface area (Å²) in [5.41, 5.74) is 1.79. The van der Waals surface area contributed by atoms with E-state index in [0.29, 0.717) is 6.79 Å². The molecule has 8 aliphatic rings. The Hall–Kier alpha value is -7.22. The van der Waals surface area contributed by atoms with E-state index in [1.807, 2.05) is 204 Å². The van der Waals surface area contributed by atoms with Gasteiger partial charge < -0.3 is 38.5 Å². The number of allylic oxidation sites excluding steroid dienone is 8. The van der Waals surface area contributed by atoms with Crippen LogP contribution in [0, 0.1) is 5.41 Å². The van der Waals surface area contributed by atoms with Gasteiger partial charge in [-0.3, -0.25) is 19.6 Å². The Labute approximate surface area is 594 Å². The number of aromatic nitrogens is 6. The summed E-state index contributed by atoms with van der Waals surface area (Å²) in [6.45, 7) is 54.9. The van der Waals surface area contributed by atoms with Crippen molar-refractivity contribution in [3.8, 4) is 0 Å². The third kappa shape index (κ3) is 158. The third-order valence-electron chi connectivity index (χ3n) is 6.56. The van der Waals surface area contributed by atoms with Gasteiger partial charge in [0.2, 0.25) is 12.7 Å². The van der Waals surface area contributed by atoms with Crippen molar-refractivity contribution in [2.24, 2.45) is 14.6 Å². The van der Waals surface area contributed by atoms with E-state index in [2.05, 4.69) is 122 Å². The molecule has 0 saturated carbocycles. The molecule has 1 saturated heterocycles. The summed E-state index contributed by atoms with van der Waals surface area (Å²) >= 11 is 3.74. The van der Waals surface area contributed by atoms with Gasteiger partial charge in [-0.25, -0.2) is 22.8 Å². The first kappa shape index (κ1) is 121. The molecule has 1 atom stereocenters. The molecule has 1 amide bonds. The number of hydrogen-bond acceptors (Lipinski definition) is 19. The van der Waals surface area contributed by atoms with E-state index in [9.17, 15) is 17.4 Å². The van der Waals surface area contributed by atoms with Gasteiger partial charge in [0.1, 0.15) is 25.0 Å². The van der Waals surface area contributed by atoms with Crippen LogP contribution in [0.5, 0.6) is 0 Å². The van der Waals surface area contributed by atoms with Gasteiger partial charge in [0.15, 0.2) is 16.2 Å². The summed E-state index contributed by atoms with van der Waals surface area (Å²) in [7, 11) is -2.91. The van der Waals surface area contributed by atoms with E-state index in [4.69, 9.17) is 10.1 Å². The SMILES string of the molecule is C1=CCC=C1.C1=CCCC1.C1=CN=NC1.C1=COCC1.C1=COCO1.CC.CC.CC.CC.CC.CC.CC.CC.CC.CC.CC.CC.CC.N=CC=NS.O=C1CCCN1.O=S1(=O)C=CC=C1.O=S1NC=CO1.c1c[nH]cn1.c1cn[nH]c1.c1cocn1.c1cscn1. The van der Waals surface area contributed by atoms with E-state index in [1.54, 1.807) is 72.8 Å². The van der Waals surface area contributed by atoms with Crippen LogP contribution in [0.25, 0.3) is 0 Å². The molecule has 21 nitrogen and oxygen atoms in total. The number of imidazole rings is 1. The first-order valence-electron chi connectivity index (χ1n) is 33.6. The van der Waals surface area contributed by atoms with Crippen molar-refractivity contribution in [3.05, 3.63) is 182 Å². The van der Waals surface area contributed by atoms with Crippen LogP contribution in [0.4, 0.5) is 0 Å². The second kappa shape index (κ2) is 152. The lowest BCUT2D eigenvalue weighted by Crippen LogP contribution is -2.12. The second-order valence-corrected chi connectivity index (χ2v) is 15.4. The summed E-state index contributed by atoms with van der Waals surface area (Å²) < 4.78 is 58.7. The van der Waals surface area contributed by atoms with E-state index in [1.165, 1.54) is 75.3 Å². The number of amides is 1. The van der Waals surface area contributed by atoms with Crippen molar-refractivity contribution >= 4 is 63.6 Å². The number of carbonyl (C=O) groups excluding carboxylic acids is 1. The van der Waals surface area contributed by atoms with Crippen LogP contribution in [-0.4, -0.2) is 87.6 Å². The molecule has 25 heteroatoms. The molecule has 10 heterocycles. The molecule has 556 valence electrons. The number of azo groups is 1. The average molecular weight is 1420 g/mol. The van der Waals surface area contributed by atoms with Crippen LogP contribution in [0.2, 0.25) is 0 Å². The van der Waals surface area contributed by atoms with E-state index in [0.717, 1.165) is 62.4 Å². The summed E-state index contributed by atoms with van der Waals surface area (Å²) in [6.07, 6.45) is 54.2. The lowest BCUT2D eigenvalue weighted by molar-refractivity contribution is -0.119. The van der Waals surface area contributed by atoms with Gasteiger partial charge in [0.05, 0.1) is 43.7 Å². The number of nitrogens with zero attached hydrogens (tertiary/aromatic N) is 7. The van der Waals surface area contributed by atoms with Gasteiger partial charge >= 0.3 is 11.3 Å². The van der Waals surface area contributed by atoms with E-state index in [-0.39, 0.29) is 5.91 Å². The number of rotatable bonds is 1. The van der Waals surface area contributed by atoms with E-state index < -0.39 is 21.1 Å². The number of aromatic amines is 2. The zero-order chi connectivity index (χ0) is 76.1. The maximum absolute atomic E-state index is 10.3. The molecule has 2 aliphatic carbocycles. The van der Waals surface area contributed by atoms with Gasteiger partial charge in [-0.05, 0) is 75.3 Å². The Balaban J connectivity index is -0.0000000607. The molecule has 0 radical (unpaired) electrons. The van der Waals surface area contributed by atoms with Gasteiger partial charge in [0.25, 0.3) is 0 Å². The van der Waals surface area contributed by atoms with Crippen LogP contribution in [0.15, 0.2) is 201 Å². The number of thiol groups is 1. The molecular formula is C70H138N12O9S4. The fourth-order valence-electron chi connectivity index (χ4n) is 3.68. The molecule has 5 N–H and O–H groups in total. The highest BCUT2D eigenvalue weighted by Crippen LogP contribution is 2.05. The molecule has 0 aromatic carbocycles. The predicted molar refractivity (Wildman–Crippen MR) is 421 cm³/mol. The number of nitrogens with one attached hydrogen (secondary N) is 5.